The standard InChI is InChI=1S/C11H14F2N2/c12-7-3-1-4-8(13)11(7)15-10-6-2-5-9(10)14/h1,3-4,9-10,15H,2,5-6,14H2. The zero-order valence-corrected chi connectivity index (χ0v) is 8.34. The molecule has 0 aromatic heterocycles. The maximum Gasteiger partial charge on any atom is 0.149 e. The summed E-state index contributed by atoms with van der Waals surface area (Å²) in [7, 11) is 0. The van der Waals surface area contributed by atoms with Crippen LogP contribution in [0.5, 0.6) is 0 Å². The summed E-state index contributed by atoms with van der Waals surface area (Å²) in [5.41, 5.74) is 5.76. The van der Waals surface area contributed by atoms with E-state index in [1.807, 2.05) is 0 Å². The Morgan fingerprint density at radius 1 is 1.20 bits per heavy atom. The van der Waals surface area contributed by atoms with E-state index in [9.17, 15) is 8.78 Å². The Kier molecular flexibility index (Phi) is 2.86. The molecule has 0 saturated heterocycles. The van der Waals surface area contributed by atoms with Crippen molar-refractivity contribution in [3.05, 3.63) is 29.8 Å². The van der Waals surface area contributed by atoms with Crippen LogP contribution < -0.4 is 11.1 Å². The van der Waals surface area contributed by atoms with Gasteiger partial charge in [-0.3, -0.25) is 0 Å². The monoisotopic (exact) mass is 212 g/mol. The first-order valence-electron chi connectivity index (χ1n) is 5.14. The van der Waals surface area contributed by atoms with Gasteiger partial charge in [0.05, 0.1) is 0 Å². The highest BCUT2D eigenvalue weighted by Crippen LogP contribution is 2.25. The number of benzene rings is 1. The number of rotatable bonds is 2. The molecule has 2 atom stereocenters. The number of halogens is 2. The van der Waals surface area contributed by atoms with Crippen molar-refractivity contribution in [3.8, 4) is 0 Å². The van der Waals surface area contributed by atoms with E-state index in [1.54, 1.807) is 0 Å². The van der Waals surface area contributed by atoms with Crippen molar-refractivity contribution in [2.24, 2.45) is 5.73 Å². The van der Waals surface area contributed by atoms with Gasteiger partial charge in [0.25, 0.3) is 0 Å². The fourth-order valence-corrected chi connectivity index (χ4v) is 1.99. The predicted molar refractivity (Wildman–Crippen MR) is 55.6 cm³/mol. The van der Waals surface area contributed by atoms with Crippen molar-refractivity contribution in [3.63, 3.8) is 0 Å². The Hall–Kier alpha value is -1.16. The third kappa shape index (κ3) is 2.09. The Balaban J connectivity index is 2.16. The van der Waals surface area contributed by atoms with Crippen molar-refractivity contribution < 1.29 is 8.78 Å². The normalized spacial score (nSPS) is 25.5. The zero-order valence-electron chi connectivity index (χ0n) is 8.34. The van der Waals surface area contributed by atoms with Gasteiger partial charge in [-0.1, -0.05) is 6.07 Å². The highest BCUT2D eigenvalue weighted by Gasteiger charge is 2.25. The third-order valence-electron chi connectivity index (χ3n) is 2.86. The van der Waals surface area contributed by atoms with E-state index in [-0.39, 0.29) is 17.8 Å². The lowest BCUT2D eigenvalue weighted by Gasteiger charge is -2.19. The summed E-state index contributed by atoms with van der Waals surface area (Å²) in [6.45, 7) is 0. The third-order valence-corrected chi connectivity index (χ3v) is 2.86. The summed E-state index contributed by atoms with van der Waals surface area (Å²) in [6, 6.07) is 3.81. The van der Waals surface area contributed by atoms with Gasteiger partial charge < -0.3 is 11.1 Å². The largest absolute Gasteiger partial charge is 0.376 e. The van der Waals surface area contributed by atoms with Crippen LogP contribution in [0.25, 0.3) is 0 Å². The summed E-state index contributed by atoms with van der Waals surface area (Å²) >= 11 is 0. The molecule has 2 nitrogen and oxygen atoms in total. The molecule has 1 aliphatic carbocycles. The average Bonchev–Trinajstić information content (AvgIpc) is 2.58. The zero-order chi connectivity index (χ0) is 10.8. The van der Waals surface area contributed by atoms with Crippen LogP contribution in [0.15, 0.2) is 18.2 Å². The molecular weight excluding hydrogens is 198 g/mol. The molecule has 1 saturated carbocycles. The van der Waals surface area contributed by atoms with E-state index in [0.29, 0.717) is 0 Å². The number of anilines is 1. The highest BCUT2D eigenvalue weighted by atomic mass is 19.1. The molecule has 0 amide bonds. The minimum atomic E-state index is -0.561. The number of nitrogens with two attached hydrogens (primary N) is 1. The Morgan fingerprint density at radius 2 is 1.87 bits per heavy atom. The molecule has 1 aromatic rings. The van der Waals surface area contributed by atoms with Crippen molar-refractivity contribution in [2.45, 2.75) is 31.3 Å². The van der Waals surface area contributed by atoms with Gasteiger partial charge >= 0.3 is 0 Å². The van der Waals surface area contributed by atoms with Crippen LogP contribution in [-0.2, 0) is 0 Å². The molecule has 2 unspecified atom stereocenters. The molecule has 0 heterocycles. The van der Waals surface area contributed by atoms with Crippen LogP contribution >= 0.6 is 0 Å². The van der Waals surface area contributed by atoms with E-state index in [4.69, 9.17) is 5.73 Å². The van der Waals surface area contributed by atoms with Gasteiger partial charge in [-0.05, 0) is 31.4 Å². The SMILES string of the molecule is NC1CCCC1Nc1c(F)cccc1F. The average molecular weight is 212 g/mol. The van der Waals surface area contributed by atoms with Crippen LogP contribution in [0.4, 0.5) is 14.5 Å². The van der Waals surface area contributed by atoms with Gasteiger partial charge in [-0.25, -0.2) is 8.78 Å². The van der Waals surface area contributed by atoms with Gasteiger partial charge in [-0.15, -0.1) is 0 Å². The maximum absolute atomic E-state index is 13.3. The number of hydrogen-bond acceptors (Lipinski definition) is 2. The van der Waals surface area contributed by atoms with E-state index in [1.165, 1.54) is 18.2 Å². The number of para-hydroxylation sites is 1. The Bertz CT molecular complexity index is 334. The van der Waals surface area contributed by atoms with Crippen LogP contribution in [0.2, 0.25) is 0 Å². The summed E-state index contributed by atoms with van der Waals surface area (Å²) in [4.78, 5) is 0. The van der Waals surface area contributed by atoms with Gasteiger partial charge in [-0.2, -0.15) is 0 Å². The molecule has 82 valence electrons. The van der Waals surface area contributed by atoms with Crippen LogP contribution in [0.1, 0.15) is 19.3 Å². The van der Waals surface area contributed by atoms with Gasteiger partial charge in [0.2, 0.25) is 0 Å². The van der Waals surface area contributed by atoms with Crippen molar-refractivity contribution >= 4 is 5.69 Å². The minimum absolute atomic E-state index is 0.0102. The molecule has 3 N–H and O–H groups in total. The summed E-state index contributed by atoms with van der Waals surface area (Å²) < 4.78 is 26.6. The molecule has 15 heavy (non-hydrogen) atoms. The quantitative estimate of drug-likeness (QED) is 0.789. The van der Waals surface area contributed by atoms with E-state index >= 15 is 0 Å². The first-order chi connectivity index (χ1) is 7.18. The molecule has 1 fully saturated rings. The van der Waals surface area contributed by atoms with Crippen LogP contribution in [0, 0.1) is 11.6 Å². The summed E-state index contributed by atoms with van der Waals surface area (Å²) in [5.74, 6) is -1.12. The first-order valence-corrected chi connectivity index (χ1v) is 5.14. The van der Waals surface area contributed by atoms with Crippen molar-refractivity contribution in [2.75, 3.05) is 5.32 Å². The Labute approximate surface area is 87.5 Å². The summed E-state index contributed by atoms with van der Waals surface area (Å²) in [6.07, 6.45) is 2.79. The minimum Gasteiger partial charge on any atom is -0.376 e. The Morgan fingerprint density at radius 3 is 2.40 bits per heavy atom. The van der Waals surface area contributed by atoms with Gasteiger partial charge in [0, 0.05) is 12.1 Å². The summed E-state index contributed by atoms with van der Waals surface area (Å²) in [5, 5.41) is 2.85. The topological polar surface area (TPSA) is 38.0 Å². The highest BCUT2D eigenvalue weighted by molar-refractivity contribution is 5.47. The lowest BCUT2D eigenvalue weighted by Crippen LogP contribution is -2.35. The van der Waals surface area contributed by atoms with E-state index in [0.717, 1.165) is 19.3 Å². The molecule has 1 aliphatic rings. The van der Waals surface area contributed by atoms with E-state index < -0.39 is 11.6 Å². The van der Waals surface area contributed by atoms with E-state index in [2.05, 4.69) is 5.32 Å². The molecular formula is C11H14F2N2. The van der Waals surface area contributed by atoms with Crippen LogP contribution in [-0.4, -0.2) is 12.1 Å². The molecule has 0 aliphatic heterocycles. The number of hydrogen-bond donors (Lipinski definition) is 2. The molecule has 0 spiro atoms. The molecule has 2 rings (SSSR count). The molecule has 4 heteroatoms. The molecule has 0 radical (unpaired) electrons. The molecule has 0 bridgehead atoms. The van der Waals surface area contributed by atoms with Gasteiger partial charge in [0.1, 0.15) is 17.3 Å². The van der Waals surface area contributed by atoms with Crippen molar-refractivity contribution in [1.29, 1.82) is 0 Å². The second-order valence-electron chi connectivity index (χ2n) is 3.94. The molecule has 1 aromatic carbocycles. The van der Waals surface area contributed by atoms with Crippen molar-refractivity contribution in [1.82, 2.24) is 0 Å². The van der Waals surface area contributed by atoms with Gasteiger partial charge in [0.15, 0.2) is 0 Å². The predicted octanol–water partition coefficient (Wildman–Crippen LogP) is 2.26. The second kappa shape index (κ2) is 4.14. The van der Waals surface area contributed by atoms with Crippen LogP contribution in [0.3, 0.4) is 0 Å². The first kappa shape index (κ1) is 10.4. The lowest BCUT2D eigenvalue weighted by atomic mass is 10.1. The second-order valence-corrected chi connectivity index (χ2v) is 3.94. The maximum atomic E-state index is 13.3. The fourth-order valence-electron chi connectivity index (χ4n) is 1.99. The lowest BCUT2D eigenvalue weighted by molar-refractivity contribution is 0.571. The smallest absolute Gasteiger partial charge is 0.149 e. The number of nitrogens with one attached hydrogen (secondary N) is 1. The fraction of sp³-hybridized carbons (Fsp3) is 0.455.